The van der Waals surface area contributed by atoms with E-state index in [1.807, 2.05) is 0 Å². The molecule has 0 saturated heterocycles. The van der Waals surface area contributed by atoms with E-state index in [1.165, 1.54) is 10.7 Å². The molecule has 4 nitrogen and oxygen atoms in total. The number of halogens is 1. The van der Waals surface area contributed by atoms with E-state index in [0.717, 1.165) is 0 Å². The third-order valence-corrected chi connectivity index (χ3v) is 2.66. The average Bonchev–Trinajstić information content (AvgIpc) is 2.60. The van der Waals surface area contributed by atoms with Gasteiger partial charge < -0.3 is 4.98 Å². The molecule has 0 saturated carbocycles. The average molecular weight is 217 g/mol. The highest BCUT2D eigenvalue weighted by Crippen LogP contribution is 2.16. The smallest absolute Gasteiger partial charge is 0.218 e. The van der Waals surface area contributed by atoms with Crippen LogP contribution in [0.3, 0.4) is 0 Å². The van der Waals surface area contributed by atoms with Crippen LogP contribution < -0.4 is 5.43 Å². The van der Waals surface area contributed by atoms with Gasteiger partial charge in [-0.2, -0.15) is 5.10 Å². The summed E-state index contributed by atoms with van der Waals surface area (Å²) in [5.74, 6) is -0.512. The van der Waals surface area contributed by atoms with Crippen molar-refractivity contribution in [2.45, 2.75) is 0 Å². The lowest BCUT2D eigenvalue weighted by molar-refractivity contribution is 0.639. The summed E-state index contributed by atoms with van der Waals surface area (Å²) in [6.45, 7) is 0. The van der Waals surface area contributed by atoms with Crippen molar-refractivity contribution in [2.24, 2.45) is 7.05 Å². The van der Waals surface area contributed by atoms with Crippen LogP contribution in [0.4, 0.5) is 4.39 Å². The van der Waals surface area contributed by atoms with Crippen LogP contribution in [0.1, 0.15) is 0 Å². The Labute approximate surface area is 89.3 Å². The van der Waals surface area contributed by atoms with Gasteiger partial charge >= 0.3 is 0 Å². The number of hydrogen-bond donors (Lipinski definition) is 1. The highest BCUT2D eigenvalue weighted by Gasteiger charge is 2.11. The first-order valence-electron chi connectivity index (χ1n) is 4.80. The van der Waals surface area contributed by atoms with Crippen molar-refractivity contribution in [3.63, 3.8) is 0 Å². The molecular formula is C11H8FN3O. The molecule has 0 fully saturated rings. The van der Waals surface area contributed by atoms with Gasteiger partial charge in [-0.1, -0.05) is 6.07 Å². The third-order valence-electron chi connectivity index (χ3n) is 2.66. The number of pyridine rings is 1. The number of benzene rings is 1. The SMILES string of the molecule is Cn1ncc2[nH]c3cccc(F)c3c(=O)c21. The highest BCUT2D eigenvalue weighted by atomic mass is 19.1. The van der Waals surface area contributed by atoms with Crippen LogP contribution >= 0.6 is 0 Å². The van der Waals surface area contributed by atoms with Crippen LogP contribution in [0, 0.1) is 5.82 Å². The van der Waals surface area contributed by atoms with Crippen molar-refractivity contribution in [1.29, 1.82) is 0 Å². The molecule has 5 heteroatoms. The first kappa shape index (κ1) is 9.08. The number of nitrogens with zero attached hydrogens (tertiary/aromatic N) is 2. The second-order valence-electron chi connectivity index (χ2n) is 3.65. The number of aromatic amines is 1. The van der Waals surface area contributed by atoms with Gasteiger partial charge in [-0.25, -0.2) is 4.39 Å². The zero-order chi connectivity index (χ0) is 11.3. The molecule has 3 aromatic rings. The van der Waals surface area contributed by atoms with Crippen molar-refractivity contribution in [3.8, 4) is 0 Å². The fourth-order valence-corrected chi connectivity index (χ4v) is 1.92. The zero-order valence-electron chi connectivity index (χ0n) is 8.49. The number of aromatic nitrogens is 3. The number of nitrogens with one attached hydrogen (secondary N) is 1. The lowest BCUT2D eigenvalue weighted by Gasteiger charge is -2.00. The van der Waals surface area contributed by atoms with Crippen LogP contribution in [-0.2, 0) is 7.05 Å². The van der Waals surface area contributed by atoms with Gasteiger partial charge in [0.1, 0.15) is 11.3 Å². The molecule has 1 aromatic carbocycles. The Morgan fingerprint density at radius 2 is 2.19 bits per heavy atom. The second kappa shape index (κ2) is 2.91. The molecule has 2 aromatic heterocycles. The largest absolute Gasteiger partial charge is 0.352 e. The van der Waals surface area contributed by atoms with Gasteiger partial charge in [-0.15, -0.1) is 0 Å². The van der Waals surface area contributed by atoms with Crippen molar-refractivity contribution in [2.75, 3.05) is 0 Å². The molecule has 1 N–H and O–H groups in total. The number of H-pyrrole nitrogens is 1. The summed E-state index contributed by atoms with van der Waals surface area (Å²) < 4.78 is 15.0. The zero-order valence-corrected chi connectivity index (χ0v) is 8.49. The maximum absolute atomic E-state index is 13.6. The molecule has 0 aliphatic carbocycles. The molecule has 80 valence electrons. The van der Waals surface area contributed by atoms with E-state index in [9.17, 15) is 9.18 Å². The lowest BCUT2D eigenvalue weighted by Crippen LogP contribution is -2.09. The molecule has 0 unspecified atom stereocenters. The summed E-state index contributed by atoms with van der Waals surface area (Å²) in [5, 5.41) is 4.05. The molecule has 0 spiro atoms. The van der Waals surface area contributed by atoms with E-state index in [1.54, 1.807) is 25.4 Å². The predicted molar refractivity (Wildman–Crippen MR) is 58.8 cm³/mol. The minimum atomic E-state index is -0.512. The molecule has 0 aliphatic rings. The molecule has 0 amide bonds. The predicted octanol–water partition coefficient (Wildman–Crippen LogP) is 1.55. The van der Waals surface area contributed by atoms with Gasteiger partial charge in [0, 0.05) is 7.05 Å². The van der Waals surface area contributed by atoms with E-state index >= 15 is 0 Å². The first-order chi connectivity index (χ1) is 7.68. The molecule has 2 heterocycles. The quantitative estimate of drug-likeness (QED) is 0.621. The first-order valence-corrected chi connectivity index (χ1v) is 4.80. The Hall–Kier alpha value is -2.17. The number of rotatable bonds is 0. The third kappa shape index (κ3) is 1.02. The standard InChI is InChI=1S/C11H8FN3O/c1-15-10-8(5-13-15)14-7-4-2-3-6(12)9(7)11(10)16/h2-5H,1H3,(H,14,16). The van der Waals surface area contributed by atoms with Crippen molar-refractivity contribution in [1.82, 2.24) is 14.8 Å². The summed E-state index contributed by atoms with van der Waals surface area (Å²) in [7, 11) is 1.66. The fraction of sp³-hybridized carbons (Fsp3) is 0.0909. The molecule has 0 atom stereocenters. The second-order valence-corrected chi connectivity index (χ2v) is 3.65. The fourth-order valence-electron chi connectivity index (χ4n) is 1.92. The number of hydrogen-bond acceptors (Lipinski definition) is 2. The van der Waals surface area contributed by atoms with Crippen LogP contribution in [0.5, 0.6) is 0 Å². The summed E-state index contributed by atoms with van der Waals surface area (Å²) >= 11 is 0. The molecule has 16 heavy (non-hydrogen) atoms. The minimum absolute atomic E-state index is 0.0820. The molecule has 0 aliphatic heterocycles. The van der Waals surface area contributed by atoms with Crippen LogP contribution in [0.2, 0.25) is 0 Å². The Morgan fingerprint density at radius 1 is 1.38 bits per heavy atom. The van der Waals surface area contributed by atoms with Gasteiger partial charge in [0.15, 0.2) is 0 Å². The van der Waals surface area contributed by atoms with Crippen molar-refractivity contribution >= 4 is 21.9 Å². The van der Waals surface area contributed by atoms with Gasteiger partial charge in [0.05, 0.1) is 22.6 Å². The summed E-state index contributed by atoms with van der Waals surface area (Å²) in [6.07, 6.45) is 1.56. The van der Waals surface area contributed by atoms with Gasteiger partial charge in [0.2, 0.25) is 5.43 Å². The molecule has 3 rings (SSSR count). The summed E-state index contributed by atoms with van der Waals surface area (Å²) in [4.78, 5) is 15.1. The normalized spacial score (nSPS) is 11.4. The van der Waals surface area contributed by atoms with E-state index in [2.05, 4.69) is 10.1 Å². The Morgan fingerprint density at radius 3 is 3.00 bits per heavy atom. The lowest BCUT2D eigenvalue weighted by atomic mass is 10.2. The molecular weight excluding hydrogens is 209 g/mol. The topological polar surface area (TPSA) is 50.7 Å². The Balaban J connectivity index is 2.70. The summed E-state index contributed by atoms with van der Waals surface area (Å²) in [6, 6.07) is 4.52. The highest BCUT2D eigenvalue weighted by molar-refractivity contribution is 5.90. The van der Waals surface area contributed by atoms with Crippen LogP contribution in [0.15, 0.2) is 29.2 Å². The number of fused-ring (bicyclic) bond motifs is 2. The maximum atomic E-state index is 13.6. The van der Waals surface area contributed by atoms with E-state index in [4.69, 9.17) is 0 Å². The van der Waals surface area contributed by atoms with Gasteiger partial charge in [-0.05, 0) is 12.1 Å². The van der Waals surface area contributed by atoms with Crippen molar-refractivity contribution in [3.05, 3.63) is 40.4 Å². The minimum Gasteiger partial charge on any atom is -0.352 e. The van der Waals surface area contributed by atoms with Gasteiger partial charge in [0.25, 0.3) is 0 Å². The Bertz CT molecular complexity index is 757. The van der Waals surface area contributed by atoms with E-state index in [-0.39, 0.29) is 10.8 Å². The van der Waals surface area contributed by atoms with E-state index in [0.29, 0.717) is 16.6 Å². The molecule has 0 bridgehead atoms. The maximum Gasteiger partial charge on any atom is 0.218 e. The molecule has 0 radical (unpaired) electrons. The Kier molecular flexibility index (Phi) is 1.65. The van der Waals surface area contributed by atoms with Crippen LogP contribution in [0.25, 0.3) is 21.9 Å². The van der Waals surface area contributed by atoms with Gasteiger partial charge in [-0.3, -0.25) is 9.48 Å². The van der Waals surface area contributed by atoms with Crippen LogP contribution in [-0.4, -0.2) is 14.8 Å². The monoisotopic (exact) mass is 217 g/mol. The van der Waals surface area contributed by atoms with E-state index < -0.39 is 5.82 Å². The van der Waals surface area contributed by atoms with Crippen molar-refractivity contribution < 1.29 is 4.39 Å². The summed E-state index contributed by atoms with van der Waals surface area (Å²) in [5.41, 5.74) is 1.16. The number of aryl methyl sites for hydroxylation is 1.